The van der Waals surface area contributed by atoms with E-state index in [0.717, 1.165) is 24.9 Å². The standard InChI is InChI=1S/C16H26N2O3/c1-5-6-9-18-16(19)12(2)21-15-10-13(11-17-3)7-8-14(15)20-4/h7-8,10,12,17H,5-6,9,11H2,1-4H3,(H,18,19). The van der Waals surface area contributed by atoms with E-state index in [4.69, 9.17) is 9.47 Å². The van der Waals surface area contributed by atoms with Crippen LogP contribution in [0.4, 0.5) is 0 Å². The Kier molecular flexibility index (Phi) is 7.61. The minimum Gasteiger partial charge on any atom is -0.493 e. The molecule has 0 aliphatic rings. The molecule has 0 aromatic heterocycles. The zero-order valence-corrected chi connectivity index (χ0v) is 13.4. The van der Waals surface area contributed by atoms with E-state index in [1.807, 2.05) is 25.2 Å². The Labute approximate surface area is 127 Å². The zero-order valence-electron chi connectivity index (χ0n) is 13.4. The van der Waals surface area contributed by atoms with Gasteiger partial charge in [0.1, 0.15) is 0 Å². The van der Waals surface area contributed by atoms with Gasteiger partial charge >= 0.3 is 0 Å². The quantitative estimate of drug-likeness (QED) is 0.685. The van der Waals surface area contributed by atoms with Crippen molar-refractivity contribution in [3.63, 3.8) is 0 Å². The van der Waals surface area contributed by atoms with Crippen molar-refractivity contribution in [1.29, 1.82) is 0 Å². The first-order valence-corrected chi connectivity index (χ1v) is 7.38. The molecule has 0 aliphatic heterocycles. The second kappa shape index (κ2) is 9.23. The first-order chi connectivity index (χ1) is 10.1. The topological polar surface area (TPSA) is 59.6 Å². The van der Waals surface area contributed by atoms with Gasteiger partial charge in [0, 0.05) is 13.1 Å². The molecule has 1 aromatic carbocycles. The largest absolute Gasteiger partial charge is 0.493 e. The van der Waals surface area contributed by atoms with Gasteiger partial charge in [-0.25, -0.2) is 0 Å². The molecule has 1 amide bonds. The van der Waals surface area contributed by atoms with Crippen LogP contribution in [0.15, 0.2) is 18.2 Å². The summed E-state index contributed by atoms with van der Waals surface area (Å²) < 4.78 is 11.0. The molecule has 0 saturated heterocycles. The Morgan fingerprint density at radius 2 is 2.10 bits per heavy atom. The molecule has 1 aromatic rings. The summed E-state index contributed by atoms with van der Waals surface area (Å²) in [6.45, 7) is 5.24. The average molecular weight is 294 g/mol. The van der Waals surface area contributed by atoms with E-state index in [-0.39, 0.29) is 5.91 Å². The van der Waals surface area contributed by atoms with E-state index in [1.165, 1.54) is 0 Å². The third-order valence-corrected chi connectivity index (χ3v) is 3.11. The fourth-order valence-electron chi connectivity index (χ4n) is 1.90. The van der Waals surface area contributed by atoms with E-state index >= 15 is 0 Å². The van der Waals surface area contributed by atoms with Crippen LogP contribution >= 0.6 is 0 Å². The van der Waals surface area contributed by atoms with Gasteiger partial charge in [0.2, 0.25) is 0 Å². The van der Waals surface area contributed by atoms with E-state index in [9.17, 15) is 4.79 Å². The van der Waals surface area contributed by atoms with Crippen molar-refractivity contribution in [2.75, 3.05) is 20.7 Å². The second-order valence-corrected chi connectivity index (χ2v) is 4.92. The Hall–Kier alpha value is -1.75. The van der Waals surface area contributed by atoms with Crippen molar-refractivity contribution in [3.8, 4) is 11.5 Å². The number of benzene rings is 1. The molecule has 1 atom stereocenters. The highest BCUT2D eigenvalue weighted by Gasteiger charge is 2.16. The molecule has 0 spiro atoms. The highest BCUT2D eigenvalue weighted by atomic mass is 16.5. The molecule has 5 nitrogen and oxygen atoms in total. The molecule has 0 bridgehead atoms. The highest BCUT2D eigenvalue weighted by Crippen LogP contribution is 2.29. The number of methoxy groups -OCH3 is 1. The number of hydrogen-bond donors (Lipinski definition) is 2. The zero-order chi connectivity index (χ0) is 15.7. The summed E-state index contributed by atoms with van der Waals surface area (Å²) in [6.07, 6.45) is 1.47. The summed E-state index contributed by atoms with van der Waals surface area (Å²) >= 11 is 0. The van der Waals surface area contributed by atoms with Crippen molar-refractivity contribution < 1.29 is 14.3 Å². The summed E-state index contributed by atoms with van der Waals surface area (Å²) in [5, 5.41) is 5.95. The molecular formula is C16H26N2O3. The Balaban J connectivity index is 2.70. The van der Waals surface area contributed by atoms with Crippen molar-refractivity contribution in [1.82, 2.24) is 10.6 Å². The highest BCUT2D eigenvalue weighted by molar-refractivity contribution is 5.80. The summed E-state index contributed by atoms with van der Waals surface area (Å²) in [6, 6.07) is 5.71. The molecule has 0 fully saturated rings. The molecule has 2 N–H and O–H groups in total. The molecule has 21 heavy (non-hydrogen) atoms. The number of unbranched alkanes of at least 4 members (excludes halogenated alkanes) is 1. The Morgan fingerprint density at radius 3 is 2.71 bits per heavy atom. The van der Waals surface area contributed by atoms with Crippen LogP contribution in [0.1, 0.15) is 32.3 Å². The van der Waals surface area contributed by atoms with Crippen LogP contribution in [0.3, 0.4) is 0 Å². The van der Waals surface area contributed by atoms with Crippen LogP contribution in [0.25, 0.3) is 0 Å². The van der Waals surface area contributed by atoms with Gasteiger partial charge in [-0.3, -0.25) is 4.79 Å². The van der Waals surface area contributed by atoms with Gasteiger partial charge in [-0.2, -0.15) is 0 Å². The third-order valence-electron chi connectivity index (χ3n) is 3.11. The predicted octanol–water partition coefficient (Wildman–Crippen LogP) is 2.10. The molecule has 0 aliphatic carbocycles. The van der Waals surface area contributed by atoms with Gasteiger partial charge in [0.05, 0.1) is 7.11 Å². The lowest BCUT2D eigenvalue weighted by atomic mass is 10.2. The smallest absolute Gasteiger partial charge is 0.260 e. The second-order valence-electron chi connectivity index (χ2n) is 4.92. The fraction of sp³-hybridized carbons (Fsp3) is 0.562. The van der Waals surface area contributed by atoms with Gasteiger partial charge in [-0.05, 0) is 38.1 Å². The lowest BCUT2D eigenvalue weighted by molar-refractivity contribution is -0.127. The van der Waals surface area contributed by atoms with Gasteiger partial charge < -0.3 is 20.1 Å². The minimum absolute atomic E-state index is 0.107. The van der Waals surface area contributed by atoms with Gasteiger partial charge in [0.15, 0.2) is 17.6 Å². The lowest BCUT2D eigenvalue weighted by Crippen LogP contribution is -2.36. The van der Waals surface area contributed by atoms with E-state index in [1.54, 1.807) is 14.0 Å². The van der Waals surface area contributed by atoms with Crippen molar-refractivity contribution in [2.45, 2.75) is 39.3 Å². The molecule has 0 radical (unpaired) electrons. The van der Waals surface area contributed by atoms with Crippen LogP contribution < -0.4 is 20.1 Å². The van der Waals surface area contributed by atoms with Crippen molar-refractivity contribution in [3.05, 3.63) is 23.8 Å². The van der Waals surface area contributed by atoms with Crippen LogP contribution in [0.5, 0.6) is 11.5 Å². The Morgan fingerprint density at radius 1 is 1.33 bits per heavy atom. The van der Waals surface area contributed by atoms with Crippen LogP contribution in [-0.4, -0.2) is 32.7 Å². The molecule has 1 rings (SSSR count). The number of amides is 1. The molecule has 0 saturated carbocycles. The maximum Gasteiger partial charge on any atom is 0.260 e. The van der Waals surface area contributed by atoms with E-state index in [0.29, 0.717) is 18.0 Å². The summed E-state index contributed by atoms with van der Waals surface area (Å²) in [5.74, 6) is 1.11. The van der Waals surface area contributed by atoms with Gasteiger partial charge in [-0.15, -0.1) is 0 Å². The monoisotopic (exact) mass is 294 g/mol. The number of rotatable bonds is 9. The minimum atomic E-state index is -0.555. The molecular weight excluding hydrogens is 268 g/mol. The average Bonchev–Trinajstić information content (AvgIpc) is 2.48. The normalized spacial score (nSPS) is 11.8. The molecule has 5 heteroatoms. The van der Waals surface area contributed by atoms with Crippen LogP contribution in [0, 0.1) is 0 Å². The first-order valence-electron chi connectivity index (χ1n) is 7.38. The first kappa shape index (κ1) is 17.3. The number of carbonyl (C=O) groups excluding carboxylic acids is 1. The molecule has 118 valence electrons. The number of nitrogens with one attached hydrogen (secondary N) is 2. The summed E-state index contributed by atoms with van der Waals surface area (Å²) in [5.41, 5.74) is 1.08. The summed E-state index contributed by atoms with van der Waals surface area (Å²) in [7, 11) is 3.47. The maximum absolute atomic E-state index is 11.9. The van der Waals surface area contributed by atoms with E-state index in [2.05, 4.69) is 17.6 Å². The van der Waals surface area contributed by atoms with Gasteiger partial charge in [-0.1, -0.05) is 19.4 Å². The number of carbonyl (C=O) groups is 1. The molecule has 0 heterocycles. The third kappa shape index (κ3) is 5.63. The SMILES string of the molecule is CCCCNC(=O)C(C)Oc1cc(CNC)ccc1OC. The molecule has 1 unspecified atom stereocenters. The fourth-order valence-corrected chi connectivity index (χ4v) is 1.90. The number of hydrogen-bond acceptors (Lipinski definition) is 4. The number of ether oxygens (including phenoxy) is 2. The predicted molar refractivity (Wildman–Crippen MR) is 83.8 cm³/mol. The summed E-state index contributed by atoms with van der Waals surface area (Å²) in [4.78, 5) is 11.9. The Bertz CT molecular complexity index is 449. The van der Waals surface area contributed by atoms with Gasteiger partial charge in [0.25, 0.3) is 5.91 Å². The van der Waals surface area contributed by atoms with Crippen molar-refractivity contribution in [2.24, 2.45) is 0 Å². The van der Waals surface area contributed by atoms with E-state index < -0.39 is 6.10 Å². The van der Waals surface area contributed by atoms with Crippen LogP contribution in [0.2, 0.25) is 0 Å². The maximum atomic E-state index is 11.9. The van der Waals surface area contributed by atoms with Crippen molar-refractivity contribution >= 4 is 5.91 Å². The van der Waals surface area contributed by atoms with Crippen LogP contribution in [-0.2, 0) is 11.3 Å². The lowest BCUT2D eigenvalue weighted by Gasteiger charge is -2.17.